The lowest BCUT2D eigenvalue weighted by Gasteiger charge is -1.98. The first kappa shape index (κ1) is 12.6. The number of nitrogens with zero attached hydrogens (tertiary/aromatic N) is 2. The molecule has 0 saturated carbocycles. The van der Waals surface area contributed by atoms with Crippen LogP contribution >= 0.6 is 38.6 Å². The summed E-state index contributed by atoms with van der Waals surface area (Å²) < 4.78 is 0.863. The second-order valence-corrected chi connectivity index (χ2v) is 6.58. The Bertz CT molecular complexity index is 537. The lowest BCUT2D eigenvalue weighted by Crippen LogP contribution is -2.13. The minimum Gasteiger partial charge on any atom is -0.322 e. The van der Waals surface area contributed by atoms with Gasteiger partial charge in [0, 0.05) is 5.38 Å². The third-order valence-corrected chi connectivity index (χ3v) is 4.28. The molecule has 17 heavy (non-hydrogen) atoms. The van der Waals surface area contributed by atoms with E-state index in [-0.39, 0.29) is 11.9 Å². The van der Waals surface area contributed by atoms with Crippen molar-refractivity contribution < 1.29 is 4.79 Å². The molecule has 1 unspecified atom stereocenters. The summed E-state index contributed by atoms with van der Waals surface area (Å²) in [4.78, 5) is 20.0. The van der Waals surface area contributed by atoms with Crippen LogP contribution < -0.4 is 11.1 Å². The molecule has 0 aliphatic carbocycles. The summed E-state index contributed by atoms with van der Waals surface area (Å²) in [5, 5.41) is 5.65. The summed E-state index contributed by atoms with van der Waals surface area (Å²) >= 11 is 6.00. The van der Waals surface area contributed by atoms with E-state index in [1.54, 1.807) is 11.6 Å². The molecule has 1 atom stereocenters. The smallest absolute Gasteiger partial charge is 0.276 e. The second kappa shape index (κ2) is 5.21. The molecule has 0 aliphatic heterocycles. The van der Waals surface area contributed by atoms with Crippen LogP contribution in [0.25, 0.3) is 0 Å². The average molecular weight is 333 g/mol. The van der Waals surface area contributed by atoms with E-state index >= 15 is 0 Å². The predicted molar refractivity (Wildman–Crippen MR) is 72.5 cm³/mol. The van der Waals surface area contributed by atoms with Crippen LogP contribution in [0.2, 0.25) is 0 Å². The normalized spacial score (nSPS) is 12.4. The van der Waals surface area contributed by atoms with Crippen molar-refractivity contribution in [1.29, 1.82) is 0 Å². The SMILES string of the molecule is CC(N)c1nc(C(=O)Nc2ncc(Br)s2)cs1. The highest BCUT2D eigenvalue weighted by molar-refractivity contribution is 9.11. The topological polar surface area (TPSA) is 80.9 Å². The van der Waals surface area contributed by atoms with Crippen LogP contribution in [0.5, 0.6) is 0 Å². The van der Waals surface area contributed by atoms with Gasteiger partial charge in [-0.3, -0.25) is 10.1 Å². The number of amides is 1. The van der Waals surface area contributed by atoms with Gasteiger partial charge < -0.3 is 5.73 Å². The molecule has 0 aliphatic rings. The predicted octanol–water partition coefficient (Wildman–Crippen LogP) is 2.63. The molecule has 0 spiro atoms. The van der Waals surface area contributed by atoms with Gasteiger partial charge in [-0.05, 0) is 22.9 Å². The fourth-order valence-corrected chi connectivity index (χ4v) is 2.93. The van der Waals surface area contributed by atoms with Crippen LogP contribution in [0.3, 0.4) is 0 Å². The van der Waals surface area contributed by atoms with Crippen molar-refractivity contribution in [2.45, 2.75) is 13.0 Å². The Labute approximate surface area is 114 Å². The Hall–Kier alpha value is -0.830. The zero-order valence-electron chi connectivity index (χ0n) is 8.81. The van der Waals surface area contributed by atoms with E-state index in [2.05, 4.69) is 31.2 Å². The van der Waals surface area contributed by atoms with Gasteiger partial charge >= 0.3 is 0 Å². The van der Waals surface area contributed by atoms with Gasteiger partial charge in [-0.2, -0.15) is 0 Å². The molecule has 2 heterocycles. The number of nitrogens with one attached hydrogen (secondary N) is 1. The lowest BCUT2D eigenvalue weighted by atomic mass is 10.4. The molecular weight excluding hydrogens is 324 g/mol. The first-order chi connectivity index (χ1) is 8.06. The molecule has 0 fully saturated rings. The van der Waals surface area contributed by atoms with Gasteiger partial charge in [-0.25, -0.2) is 9.97 Å². The Morgan fingerprint density at radius 1 is 1.65 bits per heavy atom. The van der Waals surface area contributed by atoms with E-state index < -0.39 is 0 Å². The molecule has 2 aromatic rings. The van der Waals surface area contributed by atoms with Crippen LogP contribution in [-0.2, 0) is 0 Å². The van der Waals surface area contributed by atoms with Crippen molar-refractivity contribution >= 4 is 49.6 Å². The summed E-state index contributed by atoms with van der Waals surface area (Å²) in [6.45, 7) is 1.83. The molecule has 0 radical (unpaired) electrons. The first-order valence-corrected chi connectivity index (χ1v) is 7.19. The summed E-state index contributed by atoms with van der Waals surface area (Å²) in [5.41, 5.74) is 6.05. The average Bonchev–Trinajstić information content (AvgIpc) is 2.86. The lowest BCUT2D eigenvalue weighted by molar-refractivity contribution is 0.102. The fraction of sp³-hybridized carbons (Fsp3) is 0.222. The van der Waals surface area contributed by atoms with Crippen LogP contribution in [0.1, 0.15) is 28.5 Å². The zero-order valence-corrected chi connectivity index (χ0v) is 12.0. The molecule has 2 aromatic heterocycles. The quantitative estimate of drug-likeness (QED) is 0.905. The van der Waals surface area contributed by atoms with Gasteiger partial charge in [0.2, 0.25) is 0 Å². The third-order valence-electron chi connectivity index (χ3n) is 1.84. The maximum atomic E-state index is 11.8. The maximum absolute atomic E-state index is 11.8. The Morgan fingerprint density at radius 3 is 2.94 bits per heavy atom. The summed E-state index contributed by atoms with van der Waals surface area (Å²) in [6.07, 6.45) is 1.63. The molecule has 8 heteroatoms. The highest BCUT2D eigenvalue weighted by Gasteiger charge is 2.14. The van der Waals surface area contributed by atoms with Crippen molar-refractivity contribution in [3.8, 4) is 0 Å². The molecule has 3 N–H and O–H groups in total. The molecule has 0 bridgehead atoms. The third kappa shape index (κ3) is 3.09. The summed E-state index contributed by atoms with van der Waals surface area (Å²) in [7, 11) is 0. The fourth-order valence-electron chi connectivity index (χ4n) is 1.07. The van der Waals surface area contributed by atoms with Gasteiger partial charge in [0.15, 0.2) is 5.13 Å². The monoisotopic (exact) mass is 332 g/mol. The summed E-state index contributed by atoms with van der Waals surface area (Å²) in [5.74, 6) is -0.269. The molecule has 1 amide bonds. The number of hydrogen-bond donors (Lipinski definition) is 2. The van der Waals surface area contributed by atoms with E-state index in [9.17, 15) is 4.79 Å². The molecule has 0 aromatic carbocycles. The zero-order chi connectivity index (χ0) is 12.4. The highest BCUT2D eigenvalue weighted by Crippen LogP contribution is 2.24. The Balaban J connectivity index is 2.09. The van der Waals surface area contributed by atoms with Crippen LogP contribution in [0.4, 0.5) is 5.13 Å². The van der Waals surface area contributed by atoms with E-state index in [1.807, 2.05) is 6.92 Å². The van der Waals surface area contributed by atoms with Crippen LogP contribution in [-0.4, -0.2) is 15.9 Å². The first-order valence-electron chi connectivity index (χ1n) is 4.70. The van der Waals surface area contributed by atoms with Crippen molar-refractivity contribution in [2.24, 2.45) is 5.73 Å². The van der Waals surface area contributed by atoms with Gasteiger partial charge in [-0.15, -0.1) is 11.3 Å². The molecule has 0 saturated heterocycles. The summed E-state index contributed by atoms with van der Waals surface area (Å²) in [6, 6.07) is -0.157. The van der Waals surface area contributed by atoms with Gasteiger partial charge in [-0.1, -0.05) is 11.3 Å². The van der Waals surface area contributed by atoms with Crippen molar-refractivity contribution in [2.75, 3.05) is 5.32 Å². The van der Waals surface area contributed by atoms with Crippen LogP contribution in [0, 0.1) is 0 Å². The number of thiazole rings is 2. The van der Waals surface area contributed by atoms with Gasteiger partial charge in [0.25, 0.3) is 5.91 Å². The molecule has 5 nitrogen and oxygen atoms in total. The van der Waals surface area contributed by atoms with Crippen molar-refractivity contribution in [3.63, 3.8) is 0 Å². The van der Waals surface area contributed by atoms with E-state index in [0.29, 0.717) is 10.8 Å². The van der Waals surface area contributed by atoms with E-state index in [1.165, 1.54) is 22.7 Å². The standard InChI is InChI=1S/C9H9BrN4OS2/c1-4(11)8-13-5(3-16-8)7(15)14-9-12-2-6(10)17-9/h2-4H,11H2,1H3,(H,12,14,15). The van der Waals surface area contributed by atoms with E-state index in [4.69, 9.17) is 5.73 Å². The van der Waals surface area contributed by atoms with E-state index in [0.717, 1.165) is 8.79 Å². The Kier molecular flexibility index (Phi) is 3.87. The molecule has 90 valence electrons. The number of aromatic nitrogens is 2. The largest absolute Gasteiger partial charge is 0.322 e. The van der Waals surface area contributed by atoms with Crippen molar-refractivity contribution in [3.05, 3.63) is 26.1 Å². The highest BCUT2D eigenvalue weighted by atomic mass is 79.9. The minimum absolute atomic E-state index is 0.157. The number of rotatable bonds is 3. The molecular formula is C9H9BrN4OS2. The number of halogens is 1. The van der Waals surface area contributed by atoms with Crippen molar-refractivity contribution in [1.82, 2.24) is 9.97 Å². The maximum Gasteiger partial charge on any atom is 0.276 e. The second-order valence-electron chi connectivity index (χ2n) is 3.28. The number of anilines is 1. The number of carbonyl (C=O) groups is 1. The molecule has 2 rings (SSSR count). The number of hydrogen-bond acceptors (Lipinski definition) is 6. The Morgan fingerprint density at radius 2 is 2.41 bits per heavy atom. The van der Waals surface area contributed by atoms with Crippen LogP contribution in [0.15, 0.2) is 15.4 Å². The van der Waals surface area contributed by atoms with Gasteiger partial charge in [0.1, 0.15) is 10.7 Å². The number of carbonyl (C=O) groups excluding carboxylic acids is 1. The minimum atomic E-state index is -0.269. The number of nitrogens with two attached hydrogens (primary N) is 1. The van der Waals surface area contributed by atoms with Gasteiger partial charge in [0.05, 0.1) is 16.0 Å².